The number of aromatic nitrogens is 4. The summed E-state index contributed by atoms with van der Waals surface area (Å²) in [7, 11) is 0. The molecule has 0 aliphatic carbocycles. The maximum Gasteiger partial charge on any atom is 0.257 e. The highest BCUT2D eigenvalue weighted by Crippen LogP contribution is 2.20. The fourth-order valence-corrected chi connectivity index (χ4v) is 2.20. The van der Waals surface area contributed by atoms with Gasteiger partial charge in [0.15, 0.2) is 6.10 Å². The van der Waals surface area contributed by atoms with E-state index in [9.17, 15) is 9.90 Å². The van der Waals surface area contributed by atoms with Gasteiger partial charge in [0.2, 0.25) is 0 Å². The van der Waals surface area contributed by atoms with Gasteiger partial charge in [0.25, 0.3) is 5.91 Å². The van der Waals surface area contributed by atoms with Crippen molar-refractivity contribution in [3.8, 4) is 5.69 Å². The first-order chi connectivity index (χ1) is 11.1. The molecular formula is C16H15N5O2. The molecule has 0 bridgehead atoms. The number of hydrogen-bond donors (Lipinski definition) is 2. The van der Waals surface area contributed by atoms with E-state index in [1.54, 1.807) is 36.4 Å². The van der Waals surface area contributed by atoms with Crippen molar-refractivity contribution in [3.63, 3.8) is 0 Å². The van der Waals surface area contributed by atoms with Gasteiger partial charge in [0.05, 0.1) is 5.69 Å². The van der Waals surface area contributed by atoms with E-state index in [1.165, 1.54) is 11.0 Å². The van der Waals surface area contributed by atoms with E-state index in [1.807, 2.05) is 19.1 Å². The number of carbonyl (C=O) groups excluding carboxylic acids is 1. The van der Waals surface area contributed by atoms with Crippen LogP contribution < -0.4 is 5.32 Å². The highest BCUT2D eigenvalue weighted by Gasteiger charge is 2.17. The molecule has 3 rings (SSSR count). The van der Waals surface area contributed by atoms with Crippen molar-refractivity contribution in [2.24, 2.45) is 0 Å². The molecule has 1 aromatic heterocycles. The molecule has 3 aromatic rings. The molecule has 23 heavy (non-hydrogen) atoms. The first-order valence-corrected chi connectivity index (χ1v) is 7.03. The topological polar surface area (TPSA) is 92.9 Å². The Morgan fingerprint density at radius 2 is 2.00 bits per heavy atom. The molecule has 7 nitrogen and oxygen atoms in total. The molecule has 0 fully saturated rings. The SMILES string of the molecule is Cc1ccc(NC(=O)C(O)c2ccccc2)cc1-n1cnnn1. The van der Waals surface area contributed by atoms with Crippen molar-refractivity contribution < 1.29 is 9.90 Å². The van der Waals surface area contributed by atoms with Crippen LogP contribution in [0.4, 0.5) is 5.69 Å². The lowest BCUT2D eigenvalue weighted by Crippen LogP contribution is -2.20. The van der Waals surface area contributed by atoms with Gasteiger partial charge in [-0.1, -0.05) is 36.4 Å². The summed E-state index contributed by atoms with van der Waals surface area (Å²) in [6.07, 6.45) is 0.251. The predicted molar refractivity (Wildman–Crippen MR) is 83.9 cm³/mol. The molecule has 0 radical (unpaired) electrons. The molecule has 1 atom stereocenters. The highest BCUT2D eigenvalue weighted by atomic mass is 16.3. The van der Waals surface area contributed by atoms with Gasteiger partial charge in [-0.05, 0) is 40.6 Å². The number of anilines is 1. The number of nitrogens with zero attached hydrogens (tertiary/aromatic N) is 4. The molecule has 1 amide bonds. The van der Waals surface area contributed by atoms with Crippen LogP contribution in [-0.4, -0.2) is 31.2 Å². The Morgan fingerprint density at radius 3 is 2.70 bits per heavy atom. The van der Waals surface area contributed by atoms with Crippen LogP contribution >= 0.6 is 0 Å². The average Bonchev–Trinajstić information content (AvgIpc) is 3.11. The molecule has 0 saturated carbocycles. The number of benzene rings is 2. The number of aliphatic hydroxyl groups excluding tert-OH is 1. The van der Waals surface area contributed by atoms with E-state index in [4.69, 9.17) is 0 Å². The quantitative estimate of drug-likeness (QED) is 0.764. The monoisotopic (exact) mass is 309 g/mol. The van der Waals surface area contributed by atoms with Crippen LogP contribution in [0.15, 0.2) is 54.9 Å². The van der Waals surface area contributed by atoms with E-state index in [2.05, 4.69) is 20.8 Å². The van der Waals surface area contributed by atoms with Gasteiger partial charge in [-0.15, -0.1) is 5.10 Å². The largest absolute Gasteiger partial charge is 0.378 e. The predicted octanol–water partition coefficient (Wildman–Crippen LogP) is 1.64. The molecule has 0 saturated heterocycles. The van der Waals surface area contributed by atoms with Crippen molar-refractivity contribution in [1.82, 2.24) is 20.2 Å². The summed E-state index contributed by atoms with van der Waals surface area (Å²) in [4.78, 5) is 12.2. The van der Waals surface area contributed by atoms with Crippen LogP contribution in [0.3, 0.4) is 0 Å². The Morgan fingerprint density at radius 1 is 1.22 bits per heavy atom. The molecule has 0 aliphatic rings. The Kier molecular flexibility index (Phi) is 4.11. The van der Waals surface area contributed by atoms with Gasteiger partial charge in [-0.2, -0.15) is 0 Å². The number of nitrogens with one attached hydrogen (secondary N) is 1. The summed E-state index contributed by atoms with van der Waals surface area (Å²) < 4.78 is 1.51. The van der Waals surface area contributed by atoms with Gasteiger partial charge >= 0.3 is 0 Å². The second kappa shape index (κ2) is 6.37. The van der Waals surface area contributed by atoms with E-state index in [0.29, 0.717) is 11.3 Å². The molecule has 2 N–H and O–H groups in total. The second-order valence-corrected chi connectivity index (χ2v) is 5.06. The summed E-state index contributed by atoms with van der Waals surface area (Å²) in [6, 6.07) is 14.1. The molecule has 1 unspecified atom stereocenters. The molecule has 7 heteroatoms. The third-order valence-corrected chi connectivity index (χ3v) is 3.44. The van der Waals surface area contributed by atoms with E-state index < -0.39 is 12.0 Å². The van der Waals surface area contributed by atoms with Gasteiger partial charge in [0.1, 0.15) is 6.33 Å². The molecule has 0 spiro atoms. The lowest BCUT2D eigenvalue weighted by Gasteiger charge is -2.13. The van der Waals surface area contributed by atoms with Crippen molar-refractivity contribution in [2.75, 3.05) is 5.32 Å². The molecule has 116 valence electrons. The third kappa shape index (κ3) is 3.24. The van der Waals surface area contributed by atoms with Crippen molar-refractivity contribution >= 4 is 11.6 Å². The van der Waals surface area contributed by atoms with Crippen molar-refractivity contribution in [2.45, 2.75) is 13.0 Å². The zero-order valence-electron chi connectivity index (χ0n) is 12.4. The van der Waals surface area contributed by atoms with Gasteiger partial charge in [-0.3, -0.25) is 4.79 Å². The minimum Gasteiger partial charge on any atom is -0.378 e. The molecular weight excluding hydrogens is 294 g/mol. The van der Waals surface area contributed by atoms with Crippen LogP contribution in [0.1, 0.15) is 17.2 Å². The average molecular weight is 309 g/mol. The lowest BCUT2D eigenvalue weighted by atomic mass is 10.1. The minimum absolute atomic E-state index is 0.497. The minimum atomic E-state index is -1.23. The molecule has 1 heterocycles. The third-order valence-electron chi connectivity index (χ3n) is 3.44. The fraction of sp³-hybridized carbons (Fsp3) is 0.125. The Bertz CT molecular complexity index is 803. The van der Waals surface area contributed by atoms with Crippen LogP contribution in [0.5, 0.6) is 0 Å². The molecule has 2 aromatic carbocycles. The van der Waals surface area contributed by atoms with Gasteiger partial charge in [0, 0.05) is 5.69 Å². The zero-order valence-corrected chi connectivity index (χ0v) is 12.4. The zero-order chi connectivity index (χ0) is 16.2. The summed E-state index contributed by atoms with van der Waals surface area (Å²) in [5, 5.41) is 23.9. The number of amides is 1. The highest BCUT2D eigenvalue weighted by molar-refractivity contribution is 5.94. The van der Waals surface area contributed by atoms with Crippen LogP contribution in [0.25, 0.3) is 5.69 Å². The van der Waals surface area contributed by atoms with Crippen molar-refractivity contribution in [1.29, 1.82) is 0 Å². The summed E-state index contributed by atoms with van der Waals surface area (Å²) >= 11 is 0. The smallest absolute Gasteiger partial charge is 0.257 e. The number of aliphatic hydroxyl groups is 1. The first kappa shape index (κ1) is 14.9. The number of aryl methyl sites for hydroxylation is 1. The Labute approximate surface area is 132 Å². The van der Waals surface area contributed by atoms with Gasteiger partial charge in [-0.25, -0.2) is 4.68 Å². The summed E-state index contributed by atoms with van der Waals surface area (Å²) in [5.74, 6) is -0.497. The summed E-state index contributed by atoms with van der Waals surface area (Å²) in [5.41, 5.74) is 2.81. The normalized spacial score (nSPS) is 11.9. The Hall–Kier alpha value is -3.06. The van der Waals surface area contributed by atoms with E-state index in [-0.39, 0.29) is 0 Å². The van der Waals surface area contributed by atoms with Crippen LogP contribution in [-0.2, 0) is 4.79 Å². The second-order valence-electron chi connectivity index (χ2n) is 5.06. The standard InChI is InChI=1S/C16H15N5O2/c1-11-7-8-13(9-14(11)21-10-17-19-20-21)18-16(23)15(22)12-5-3-2-4-6-12/h2-10,15,22H,1H3,(H,18,23). The number of rotatable bonds is 4. The van der Waals surface area contributed by atoms with Crippen LogP contribution in [0, 0.1) is 6.92 Å². The number of hydrogen-bond acceptors (Lipinski definition) is 5. The first-order valence-electron chi connectivity index (χ1n) is 7.03. The van der Waals surface area contributed by atoms with Gasteiger partial charge < -0.3 is 10.4 Å². The maximum atomic E-state index is 12.2. The van der Waals surface area contributed by atoms with Crippen LogP contribution in [0.2, 0.25) is 0 Å². The Balaban J connectivity index is 1.80. The number of tetrazole rings is 1. The summed E-state index contributed by atoms with van der Waals surface area (Å²) in [6.45, 7) is 1.92. The number of carbonyl (C=O) groups is 1. The molecule has 0 aliphatic heterocycles. The van der Waals surface area contributed by atoms with Crippen molar-refractivity contribution in [3.05, 3.63) is 66.0 Å². The van der Waals surface area contributed by atoms with E-state index in [0.717, 1.165) is 11.3 Å². The van der Waals surface area contributed by atoms with E-state index >= 15 is 0 Å². The fourth-order valence-electron chi connectivity index (χ4n) is 2.20. The lowest BCUT2D eigenvalue weighted by molar-refractivity contribution is -0.124. The maximum absolute atomic E-state index is 12.2.